The van der Waals surface area contributed by atoms with Crippen LogP contribution in [-0.4, -0.2) is 56.4 Å². The summed E-state index contributed by atoms with van der Waals surface area (Å²) in [6.45, 7) is 2.06. The number of fused-ring (bicyclic) bond motifs is 6. The number of halogens is 6. The van der Waals surface area contributed by atoms with E-state index in [-0.39, 0.29) is 5.56 Å². The van der Waals surface area contributed by atoms with Crippen molar-refractivity contribution >= 4 is 38.9 Å². The van der Waals surface area contributed by atoms with Gasteiger partial charge in [-0.1, -0.05) is 0 Å². The Morgan fingerprint density at radius 1 is 0.972 bits per heavy atom. The molecule has 0 unspecified atom stereocenters. The summed E-state index contributed by atoms with van der Waals surface area (Å²) in [5, 5.41) is 5.88. The third-order valence-corrected chi connectivity index (χ3v) is 5.73. The van der Waals surface area contributed by atoms with Gasteiger partial charge in [0, 0.05) is 41.5 Å². The van der Waals surface area contributed by atoms with Crippen molar-refractivity contribution in [3.8, 4) is 0 Å². The van der Waals surface area contributed by atoms with Gasteiger partial charge in [0.05, 0.1) is 16.6 Å². The van der Waals surface area contributed by atoms with E-state index in [1.165, 1.54) is 0 Å². The molecule has 4 aromatic rings. The molecule has 0 amide bonds. The smallest absolute Gasteiger partial charge is 0.328 e. The van der Waals surface area contributed by atoms with Crippen LogP contribution in [0.15, 0.2) is 41.7 Å². The minimum atomic E-state index is -5.77. The lowest BCUT2D eigenvalue weighted by atomic mass is 9.95. The largest absolute Gasteiger partial charge is 0.458 e. The Balaban J connectivity index is 0.000000218. The maximum absolute atomic E-state index is 12.4. The molecule has 0 aromatic carbocycles. The quantitative estimate of drug-likeness (QED) is 0.242. The summed E-state index contributed by atoms with van der Waals surface area (Å²) in [6, 6.07) is 3.87. The zero-order chi connectivity index (χ0) is 26.3. The van der Waals surface area contributed by atoms with E-state index in [2.05, 4.69) is 25.9 Å². The predicted octanol–water partition coefficient (Wildman–Crippen LogP) is 3.44. The van der Waals surface area contributed by atoms with Crippen molar-refractivity contribution in [2.24, 2.45) is 0 Å². The molecular weight excluding hydrogens is 496 g/mol. The maximum Gasteiger partial charge on any atom is 0.458 e. The molecule has 0 spiro atoms. The number of aromatic nitrogens is 4. The van der Waals surface area contributed by atoms with Crippen molar-refractivity contribution < 1.29 is 35.9 Å². The van der Waals surface area contributed by atoms with Crippen LogP contribution in [0.25, 0.3) is 27.3 Å². The second-order valence-corrected chi connectivity index (χ2v) is 8.03. The number of Topliss-reactive ketones (excluding diaryl/α,β-unsaturated/α-hetero) is 2. The molecule has 14 heteroatoms. The second kappa shape index (κ2) is 9.33. The van der Waals surface area contributed by atoms with Crippen molar-refractivity contribution in [3.63, 3.8) is 0 Å². The van der Waals surface area contributed by atoms with E-state index >= 15 is 0 Å². The highest BCUT2D eigenvalue weighted by atomic mass is 19.4. The second-order valence-electron chi connectivity index (χ2n) is 8.03. The number of carbonyl (C=O) groups excluding carboxylic acids is 2. The van der Waals surface area contributed by atoms with Crippen LogP contribution >= 0.6 is 0 Å². The summed E-state index contributed by atoms with van der Waals surface area (Å²) in [5.74, 6) is -6.34. The number of carbonyl (C=O) groups is 2. The number of pyridine rings is 3. The average Bonchev–Trinajstić information content (AvgIpc) is 3.29. The standard InChI is InChI=1S/C18H17N5O.C4F6O2/c24-18-16-13-9-20-7-3-12(13)17-22-14(11-1-5-19-6-2-11)10-23(17)15(16)4-8-21-18;5-3(6,7)1(11)2(12)4(8,9)10/h3-4,7-11,19H,1-2,5-6H2,(H,21,24);. The highest BCUT2D eigenvalue weighted by Crippen LogP contribution is 2.30. The van der Waals surface area contributed by atoms with Gasteiger partial charge in [0.2, 0.25) is 0 Å². The number of rotatable bonds is 2. The number of nitrogens with zero attached hydrogens (tertiary/aromatic N) is 3. The first-order valence-corrected chi connectivity index (χ1v) is 10.6. The SMILES string of the molecule is O=C(C(=O)C(F)(F)F)C(F)(F)F.O=c1[nH]ccc2c1c1cnccc1c1nc(C3CCNCC3)cn21. The summed E-state index contributed by atoms with van der Waals surface area (Å²) >= 11 is 0. The topological polar surface area (TPSA) is 109 Å². The fourth-order valence-corrected chi connectivity index (χ4v) is 4.06. The number of imidazole rings is 1. The van der Waals surface area contributed by atoms with Gasteiger partial charge in [-0.05, 0) is 38.1 Å². The number of ketones is 2. The Morgan fingerprint density at radius 2 is 1.61 bits per heavy atom. The monoisotopic (exact) mass is 513 g/mol. The molecule has 5 rings (SSSR count). The number of hydrogen-bond acceptors (Lipinski definition) is 6. The van der Waals surface area contributed by atoms with Crippen LogP contribution in [0.4, 0.5) is 26.3 Å². The normalized spacial score (nSPS) is 15.2. The van der Waals surface area contributed by atoms with E-state index in [4.69, 9.17) is 4.98 Å². The Bertz CT molecular complexity index is 1490. The van der Waals surface area contributed by atoms with E-state index in [9.17, 15) is 40.7 Å². The lowest BCUT2D eigenvalue weighted by Gasteiger charge is -2.20. The fourth-order valence-electron chi connectivity index (χ4n) is 4.06. The zero-order valence-electron chi connectivity index (χ0n) is 18.2. The molecule has 0 atom stereocenters. The number of aromatic amines is 1. The number of H-pyrrole nitrogens is 1. The number of alkyl halides is 6. The molecule has 0 saturated carbocycles. The fraction of sp³-hybridized carbons (Fsp3) is 0.318. The summed E-state index contributed by atoms with van der Waals surface area (Å²) in [5.41, 5.74) is 2.80. The molecule has 1 aliphatic rings. The summed E-state index contributed by atoms with van der Waals surface area (Å²) in [7, 11) is 0. The van der Waals surface area contributed by atoms with Gasteiger partial charge in [-0.25, -0.2) is 4.98 Å². The van der Waals surface area contributed by atoms with Crippen molar-refractivity contribution in [2.45, 2.75) is 31.1 Å². The van der Waals surface area contributed by atoms with Crippen LogP contribution in [-0.2, 0) is 9.59 Å². The molecule has 0 aliphatic carbocycles. The highest BCUT2D eigenvalue weighted by molar-refractivity contribution is 6.41. The molecular formula is C22H17F6N5O3. The van der Waals surface area contributed by atoms with Gasteiger partial charge in [-0.2, -0.15) is 26.3 Å². The summed E-state index contributed by atoms with van der Waals surface area (Å²) in [6.07, 6.45) is -2.04. The molecule has 190 valence electrons. The Morgan fingerprint density at radius 3 is 2.22 bits per heavy atom. The van der Waals surface area contributed by atoms with Gasteiger partial charge in [0.1, 0.15) is 5.65 Å². The number of hydrogen-bond donors (Lipinski definition) is 2. The van der Waals surface area contributed by atoms with Crippen molar-refractivity contribution in [1.82, 2.24) is 24.7 Å². The minimum Gasteiger partial charge on any atom is -0.328 e. The van der Waals surface area contributed by atoms with Crippen molar-refractivity contribution in [1.29, 1.82) is 0 Å². The predicted molar refractivity (Wildman–Crippen MR) is 116 cm³/mol. The van der Waals surface area contributed by atoms with Gasteiger partial charge in [-0.15, -0.1) is 0 Å². The third-order valence-electron chi connectivity index (χ3n) is 5.73. The van der Waals surface area contributed by atoms with Crippen LogP contribution in [0.2, 0.25) is 0 Å². The van der Waals surface area contributed by atoms with E-state index in [1.54, 1.807) is 18.6 Å². The first kappa shape index (κ1) is 25.3. The molecule has 1 fully saturated rings. The van der Waals surface area contributed by atoms with Crippen LogP contribution in [0.5, 0.6) is 0 Å². The lowest BCUT2D eigenvalue weighted by molar-refractivity contribution is -0.193. The molecule has 5 heterocycles. The van der Waals surface area contributed by atoms with Crippen LogP contribution < -0.4 is 10.9 Å². The molecule has 2 N–H and O–H groups in total. The van der Waals surface area contributed by atoms with Gasteiger partial charge in [0.15, 0.2) is 0 Å². The van der Waals surface area contributed by atoms with Gasteiger partial charge >= 0.3 is 23.9 Å². The van der Waals surface area contributed by atoms with Gasteiger partial charge < -0.3 is 10.3 Å². The molecule has 8 nitrogen and oxygen atoms in total. The molecule has 4 aromatic heterocycles. The first-order valence-electron chi connectivity index (χ1n) is 10.6. The first-order chi connectivity index (χ1) is 16.9. The van der Waals surface area contributed by atoms with Crippen molar-refractivity contribution in [2.75, 3.05) is 13.1 Å². The van der Waals surface area contributed by atoms with Gasteiger partial charge in [0.25, 0.3) is 5.56 Å². The molecule has 1 aliphatic heterocycles. The molecule has 36 heavy (non-hydrogen) atoms. The van der Waals surface area contributed by atoms with Crippen LogP contribution in [0.3, 0.4) is 0 Å². The van der Waals surface area contributed by atoms with E-state index in [0.29, 0.717) is 11.3 Å². The lowest BCUT2D eigenvalue weighted by Crippen LogP contribution is -2.39. The maximum atomic E-state index is 12.4. The molecule has 0 bridgehead atoms. The number of piperidine rings is 1. The highest BCUT2D eigenvalue weighted by Gasteiger charge is 2.54. The Kier molecular flexibility index (Phi) is 6.56. The molecule has 1 saturated heterocycles. The van der Waals surface area contributed by atoms with E-state index < -0.39 is 23.9 Å². The third kappa shape index (κ3) is 4.80. The summed E-state index contributed by atoms with van der Waals surface area (Å²) < 4.78 is 69.0. The van der Waals surface area contributed by atoms with Gasteiger partial charge in [-0.3, -0.25) is 23.8 Å². The summed E-state index contributed by atoms with van der Waals surface area (Å²) in [4.78, 5) is 43.6. The zero-order valence-corrected chi connectivity index (χ0v) is 18.2. The Hall–Kier alpha value is -3.81. The average molecular weight is 513 g/mol. The van der Waals surface area contributed by atoms with E-state index in [1.807, 2.05) is 12.1 Å². The number of nitrogens with one attached hydrogen (secondary N) is 2. The minimum absolute atomic E-state index is 0.0930. The Labute approximate surface area is 197 Å². The molecule has 0 radical (unpaired) electrons. The van der Waals surface area contributed by atoms with E-state index in [0.717, 1.165) is 53.6 Å². The van der Waals surface area contributed by atoms with Crippen LogP contribution in [0, 0.1) is 0 Å². The van der Waals surface area contributed by atoms with Crippen LogP contribution in [0.1, 0.15) is 24.5 Å². The van der Waals surface area contributed by atoms with Crippen molar-refractivity contribution in [3.05, 3.63) is 53.0 Å².